The maximum absolute atomic E-state index is 12.4. The molecule has 1 saturated heterocycles. The van der Waals surface area contributed by atoms with Crippen LogP contribution in [0.4, 0.5) is 0 Å². The molecule has 1 amide bonds. The maximum Gasteiger partial charge on any atom is 0.252 e. The number of rotatable bonds is 4. The minimum Gasteiger partial charge on any atom is -0.340 e. The van der Waals surface area contributed by atoms with Gasteiger partial charge in [0.2, 0.25) is 5.91 Å². The summed E-state index contributed by atoms with van der Waals surface area (Å²) in [6, 6.07) is 8.20. The van der Waals surface area contributed by atoms with E-state index in [9.17, 15) is 9.59 Å². The molecule has 2 heterocycles. The second-order valence-corrected chi connectivity index (χ2v) is 7.15. The number of hydrogen-bond acceptors (Lipinski definition) is 3. The molecule has 0 atom stereocenters. The van der Waals surface area contributed by atoms with Crippen molar-refractivity contribution in [1.82, 2.24) is 14.8 Å². The van der Waals surface area contributed by atoms with Gasteiger partial charge < -0.3 is 9.88 Å². The number of carbonyl (C=O) groups is 1. The molecule has 0 aliphatic carbocycles. The van der Waals surface area contributed by atoms with Crippen molar-refractivity contribution in [2.75, 3.05) is 26.2 Å². The van der Waals surface area contributed by atoms with Crippen LogP contribution in [0.25, 0.3) is 10.9 Å². The number of carbonyl (C=O) groups excluding carboxylic acids is 1. The van der Waals surface area contributed by atoms with Crippen LogP contribution in [0, 0.1) is 5.92 Å². The fourth-order valence-corrected chi connectivity index (χ4v) is 3.37. The number of benzene rings is 1. The van der Waals surface area contributed by atoms with Gasteiger partial charge in [0.1, 0.15) is 0 Å². The first-order valence-corrected chi connectivity index (χ1v) is 9.14. The summed E-state index contributed by atoms with van der Waals surface area (Å²) < 4.78 is 0. The number of fused-ring (bicyclic) bond motifs is 1. The van der Waals surface area contributed by atoms with Crippen molar-refractivity contribution in [3.8, 4) is 0 Å². The molecule has 5 heteroatoms. The highest BCUT2D eigenvalue weighted by Gasteiger charge is 2.23. The van der Waals surface area contributed by atoms with Gasteiger partial charge in [-0.1, -0.05) is 26.8 Å². The van der Waals surface area contributed by atoms with Crippen LogP contribution < -0.4 is 5.56 Å². The van der Waals surface area contributed by atoms with Crippen LogP contribution in [0.15, 0.2) is 29.1 Å². The average Bonchev–Trinajstić information content (AvgIpc) is 2.62. The van der Waals surface area contributed by atoms with Crippen LogP contribution in [-0.2, 0) is 17.8 Å². The van der Waals surface area contributed by atoms with Crippen LogP contribution in [0.1, 0.15) is 31.9 Å². The van der Waals surface area contributed by atoms with Crippen LogP contribution in [-0.4, -0.2) is 46.9 Å². The Kier molecular flexibility index (Phi) is 5.23. The third kappa shape index (κ3) is 3.93. The summed E-state index contributed by atoms with van der Waals surface area (Å²) in [5.74, 6) is 0.262. The molecule has 25 heavy (non-hydrogen) atoms. The number of hydrogen-bond donors (Lipinski definition) is 1. The van der Waals surface area contributed by atoms with E-state index in [2.05, 4.69) is 28.9 Å². The highest BCUT2D eigenvalue weighted by atomic mass is 16.2. The van der Waals surface area contributed by atoms with Crippen LogP contribution in [0.2, 0.25) is 0 Å². The number of amides is 1. The van der Waals surface area contributed by atoms with E-state index < -0.39 is 0 Å². The molecule has 1 aromatic heterocycles. The Hall–Kier alpha value is -2.14. The molecule has 1 aliphatic heterocycles. The van der Waals surface area contributed by atoms with Gasteiger partial charge in [0.05, 0.1) is 0 Å². The number of piperazine rings is 1. The van der Waals surface area contributed by atoms with Gasteiger partial charge in [-0.3, -0.25) is 14.5 Å². The largest absolute Gasteiger partial charge is 0.340 e. The SMILES string of the molecule is CCc1ccc2[nH]c(=O)c(CN3CCN(C(=O)C(C)C)CC3)cc2c1. The zero-order valence-electron chi connectivity index (χ0n) is 15.3. The Bertz CT molecular complexity index is 817. The molecule has 2 aromatic rings. The average molecular weight is 341 g/mol. The van der Waals surface area contributed by atoms with Gasteiger partial charge in [-0.15, -0.1) is 0 Å². The lowest BCUT2D eigenvalue weighted by molar-refractivity contribution is -0.136. The first kappa shape index (κ1) is 17.7. The maximum atomic E-state index is 12.4. The molecule has 134 valence electrons. The van der Waals surface area contributed by atoms with Gasteiger partial charge in [0, 0.05) is 49.7 Å². The summed E-state index contributed by atoms with van der Waals surface area (Å²) >= 11 is 0. The lowest BCUT2D eigenvalue weighted by atomic mass is 10.1. The van der Waals surface area contributed by atoms with E-state index in [0.29, 0.717) is 6.54 Å². The zero-order valence-corrected chi connectivity index (χ0v) is 15.3. The smallest absolute Gasteiger partial charge is 0.252 e. The zero-order chi connectivity index (χ0) is 18.0. The van der Waals surface area contributed by atoms with Gasteiger partial charge >= 0.3 is 0 Å². The van der Waals surface area contributed by atoms with Gasteiger partial charge in [-0.25, -0.2) is 0 Å². The molecule has 0 radical (unpaired) electrons. The molecular weight excluding hydrogens is 314 g/mol. The Morgan fingerprint density at radius 1 is 1.16 bits per heavy atom. The highest BCUT2D eigenvalue weighted by molar-refractivity contribution is 5.80. The minimum atomic E-state index is -0.0163. The van der Waals surface area contributed by atoms with E-state index in [4.69, 9.17) is 0 Å². The summed E-state index contributed by atoms with van der Waals surface area (Å²) in [5, 5.41) is 1.09. The summed E-state index contributed by atoms with van der Waals surface area (Å²) in [7, 11) is 0. The van der Waals surface area contributed by atoms with Gasteiger partial charge in [0.25, 0.3) is 5.56 Å². The topological polar surface area (TPSA) is 56.4 Å². The number of aromatic nitrogens is 1. The number of pyridine rings is 1. The molecule has 1 aliphatic rings. The molecule has 0 spiro atoms. The molecule has 1 fully saturated rings. The Morgan fingerprint density at radius 3 is 2.52 bits per heavy atom. The van der Waals surface area contributed by atoms with E-state index in [1.807, 2.05) is 30.9 Å². The lowest BCUT2D eigenvalue weighted by Crippen LogP contribution is -2.49. The summed E-state index contributed by atoms with van der Waals surface area (Å²) in [6.45, 7) is 9.74. The number of nitrogens with one attached hydrogen (secondary N) is 1. The molecular formula is C20H27N3O2. The van der Waals surface area contributed by atoms with E-state index in [-0.39, 0.29) is 17.4 Å². The van der Waals surface area contributed by atoms with Gasteiger partial charge in [-0.2, -0.15) is 0 Å². The van der Waals surface area contributed by atoms with Crippen LogP contribution in [0.3, 0.4) is 0 Å². The normalized spacial score (nSPS) is 15.9. The second kappa shape index (κ2) is 7.40. The van der Waals surface area contributed by atoms with E-state index in [1.54, 1.807) is 0 Å². The van der Waals surface area contributed by atoms with Gasteiger partial charge in [0.15, 0.2) is 0 Å². The van der Waals surface area contributed by atoms with E-state index >= 15 is 0 Å². The molecule has 0 unspecified atom stereocenters. The van der Waals surface area contributed by atoms with Crippen molar-refractivity contribution in [3.63, 3.8) is 0 Å². The molecule has 1 N–H and O–H groups in total. The quantitative estimate of drug-likeness (QED) is 0.929. The fraction of sp³-hybridized carbons (Fsp3) is 0.500. The summed E-state index contributed by atoms with van der Waals surface area (Å²) in [6.07, 6.45) is 0.982. The number of H-pyrrole nitrogens is 1. The monoisotopic (exact) mass is 341 g/mol. The minimum absolute atomic E-state index is 0.0163. The Morgan fingerprint density at radius 2 is 1.88 bits per heavy atom. The van der Waals surface area contributed by atoms with Crippen molar-refractivity contribution in [2.45, 2.75) is 33.7 Å². The number of aromatic amines is 1. The van der Waals surface area contributed by atoms with Crippen molar-refractivity contribution in [1.29, 1.82) is 0 Å². The second-order valence-electron chi connectivity index (χ2n) is 7.15. The Balaban J connectivity index is 1.72. The van der Waals surface area contributed by atoms with Crippen molar-refractivity contribution >= 4 is 16.8 Å². The molecule has 0 saturated carbocycles. The first-order valence-electron chi connectivity index (χ1n) is 9.14. The van der Waals surface area contributed by atoms with Gasteiger partial charge in [-0.05, 0) is 35.6 Å². The van der Waals surface area contributed by atoms with Crippen molar-refractivity contribution < 1.29 is 4.79 Å². The third-order valence-corrected chi connectivity index (χ3v) is 4.97. The first-order chi connectivity index (χ1) is 12.0. The van der Waals surface area contributed by atoms with Crippen molar-refractivity contribution in [3.05, 3.63) is 45.7 Å². The third-order valence-electron chi connectivity index (χ3n) is 4.97. The number of nitrogens with zero attached hydrogens (tertiary/aromatic N) is 2. The molecule has 5 nitrogen and oxygen atoms in total. The molecule has 1 aromatic carbocycles. The summed E-state index contributed by atoms with van der Waals surface area (Å²) in [4.78, 5) is 31.6. The predicted octanol–water partition coefficient (Wildman–Crippen LogP) is 2.39. The van der Waals surface area contributed by atoms with Crippen LogP contribution in [0.5, 0.6) is 0 Å². The highest BCUT2D eigenvalue weighted by Crippen LogP contribution is 2.16. The fourth-order valence-electron chi connectivity index (χ4n) is 3.37. The molecule has 0 bridgehead atoms. The van der Waals surface area contributed by atoms with E-state index in [0.717, 1.165) is 49.1 Å². The van der Waals surface area contributed by atoms with Crippen molar-refractivity contribution in [2.24, 2.45) is 5.92 Å². The Labute approximate surface area is 148 Å². The van der Waals surface area contributed by atoms with Crippen LogP contribution >= 0.6 is 0 Å². The molecule has 3 rings (SSSR count). The predicted molar refractivity (Wildman–Crippen MR) is 101 cm³/mol. The number of aryl methyl sites for hydroxylation is 1. The standard InChI is InChI=1S/C20H27N3O2/c1-4-15-5-6-18-16(11-15)12-17(19(24)21-18)13-22-7-9-23(10-8-22)20(25)14(2)3/h5-6,11-12,14H,4,7-10,13H2,1-3H3,(H,21,24). The summed E-state index contributed by atoms with van der Waals surface area (Å²) in [5.41, 5.74) is 2.94. The lowest BCUT2D eigenvalue weighted by Gasteiger charge is -2.35. The van der Waals surface area contributed by atoms with E-state index in [1.165, 1.54) is 5.56 Å².